The third-order valence-electron chi connectivity index (χ3n) is 4.50. The third-order valence-corrected chi connectivity index (χ3v) is 5.09. The van der Waals surface area contributed by atoms with Crippen molar-refractivity contribution in [3.8, 4) is 5.75 Å². The average Bonchev–Trinajstić information content (AvgIpc) is 2.66. The van der Waals surface area contributed by atoms with Crippen molar-refractivity contribution in [2.45, 2.75) is 13.2 Å². The van der Waals surface area contributed by atoms with Crippen LogP contribution in [0.5, 0.6) is 5.75 Å². The number of hydrogen-bond acceptors (Lipinski definition) is 4. The largest absolute Gasteiger partial charge is 0.489 e. The summed E-state index contributed by atoms with van der Waals surface area (Å²) in [4.78, 5) is 2.48. The van der Waals surface area contributed by atoms with E-state index in [2.05, 4.69) is 21.6 Å². The summed E-state index contributed by atoms with van der Waals surface area (Å²) in [6.45, 7) is 7.69. The lowest BCUT2D eigenvalue weighted by Gasteiger charge is -2.27. The van der Waals surface area contributed by atoms with Crippen LogP contribution in [0.3, 0.4) is 0 Å². The highest BCUT2D eigenvalue weighted by molar-refractivity contribution is 6.35. The van der Waals surface area contributed by atoms with E-state index >= 15 is 0 Å². The molecule has 1 saturated heterocycles. The Morgan fingerprint density at radius 2 is 1.85 bits per heavy atom. The van der Waals surface area contributed by atoms with Crippen LogP contribution in [0.2, 0.25) is 10.0 Å². The maximum atomic E-state index is 6.23. The third kappa shape index (κ3) is 5.86. The van der Waals surface area contributed by atoms with Gasteiger partial charge in [0.1, 0.15) is 12.4 Å². The van der Waals surface area contributed by atoms with E-state index in [-0.39, 0.29) is 0 Å². The molecule has 1 aliphatic heterocycles. The fraction of sp³-hybridized carbons (Fsp3) is 0.400. The van der Waals surface area contributed by atoms with E-state index in [1.54, 1.807) is 6.07 Å². The molecule has 6 heteroatoms. The van der Waals surface area contributed by atoms with Gasteiger partial charge in [0.25, 0.3) is 0 Å². The van der Waals surface area contributed by atoms with Crippen LogP contribution in [-0.4, -0.2) is 44.2 Å². The molecule has 0 unspecified atom stereocenters. The van der Waals surface area contributed by atoms with Gasteiger partial charge in [-0.15, -0.1) is 0 Å². The molecule has 2 aromatic carbocycles. The Bertz CT molecular complexity index is 705. The van der Waals surface area contributed by atoms with Gasteiger partial charge in [-0.2, -0.15) is 0 Å². The lowest BCUT2D eigenvalue weighted by molar-refractivity contribution is 0.240. The van der Waals surface area contributed by atoms with Crippen LogP contribution in [0.1, 0.15) is 11.1 Å². The number of ether oxygens (including phenoxy) is 1. The molecule has 0 aromatic heterocycles. The molecule has 0 atom stereocenters. The number of para-hydroxylation sites is 1. The van der Waals surface area contributed by atoms with Crippen molar-refractivity contribution >= 4 is 23.2 Å². The second-order valence-electron chi connectivity index (χ2n) is 6.40. The van der Waals surface area contributed by atoms with E-state index in [9.17, 15) is 0 Å². The maximum absolute atomic E-state index is 6.23. The van der Waals surface area contributed by atoms with Crippen LogP contribution < -0.4 is 15.4 Å². The van der Waals surface area contributed by atoms with Gasteiger partial charge < -0.3 is 15.4 Å². The van der Waals surface area contributed by atoms with E-state index < -0.39 is 0 Å². The van der Waals surface area contributed by atoms with Crippen LogP contribution in [0, 0.1) is 0 Å². The van der Waals surface area contributed by atoms with Gasteiger partial charge in [-0.25, -0.2) is 0 Å². The summed E-state index contributed by atoms with van der Waals surface area (Å²) in [5.74, 6) is 0.883. The highest BCUT2D eigenvalue weighted by Crippen LogP contribution is 2.24. The van der Waals surface area contributed by atoms with E-state index in [0.29, 0.717) is 16.7 Å². The number of benzene rings is 2. The van der Waals surface area contributed by atoms with Crippen LogP contribution in [0.15, 0.2) is 42.5 Å². The molecule has 1 aliphatic rings. The zero-order valence-corrected chi connectivity index (χ0v) is 16.3. The highest BCUT2D eigenvalue weighted by atomic mass is 35.5. The predicted octanol–water partition coefficient (Wildman–Crippen LogP) is 3.57. The molecule has 1 heterocycles. The Labute approximate surface area is 165 Å². The molecule has 0 radical (unpaired) electrons. The average molecular weight is 394 g/mol. The molecule has 3 rings (SSSR count). The standard InChI is InChI=1S/C20H25Cl2N3O/c21-18-6-5-17(19(22)13-18)15-26-20-4-2-1-3-16(20)14-24-9-12-25-10-7-23-8-11-25/h1-6,13,23-24H,7-12,14-15H2. The van der Waals surface area contributed by atoms with Gasteiger partial charge in [0.05, 0.1) is 0 Å². The SMILES string of the molecule is Clc1ccc(COc2ccccc2CNCCN2CCNCC2)c(Cl)c1. The number of nitrogens with one attached hydrogen (secondary N) is 2. The number of nitrogens with zero attached hydrogens (tertiary/aromatic N) is 1. The highest BCUT2D eigenvalue weighted by Gasteiger charge is 2.09. The van der Waals surface area contributed by atoms with Gasteiger partial charge in [0.2, 0.25) is 0 Å². The van der Waals surface area contributed by atoms with Crippen LogP contribution in [0.25, 0.3) is 0 Å². The number of hydrogen-bond donors (Lipinski definition) is 2. The molecule has 0 saturated carbocycles. The Morgan fingerprint density at radius 3 is 2.65 bits per heavy atom. The molecule has 0 bridgehead atoms. The second-order valence-corrected chi connectivity index (χ2v) is 7.24. The summed E-state index contributed by atoms with van der Waals surface area (Å²) >= 11 is 12.2. The first-order valence-electron chi connectivity index (χ1n) is 9.01. The second kappa shape index (κ2) is 10.1. The minimum Gasteiger partial charge on any atom is -0.489 e. The minimum atomic E-state index is 0.424. The van der Waals surface area contributed by atoms with Crippen LogP contribution in [-0.2, 0) is 13.2 Å². The van der Waals surface area contributed by atoms with Gasteiger partial charge >= 0.3 is 0 Å². The zero-order chi connectivity index (χ0) is 18.2. The lowest BCUT2D eigenvalue weighted by atomic mass is 10.2. The molecule has 140 valence electrons. The van der Waals surface area contributed by atoms with E-state index in [0.717, 1.165) is 62.7 Å². The van der Waals surface area contributed by atoms with Gasteiger partial charge in [-0.1, -0.05) is 47.5 Å². The number of piperazine rings is 1. The van der Waals surface area contributed by atoms with Gasteiger partial charge in [0, 0.05) is 67.0 Å². The quantitative estimate of drug-likeness (QED) is 0.672. The molecule has 0 amide bonds. The first-order chi connectivity index (χ1) is 12.7. The molecular weight excluding hydrogens is 369 g/mol. The number of halogens is 2. The van der Waals surface area contributed by atoms with Crippen molar-refractivity contribution < 1.29 is 4.74 Å². The normalized spacial score (nSPS) is 15.2. The summed E-state index contributed by atoms with van der Waals surface area (Å²) in [5, 5.41) is 8.16. The van der Waals surface area contributed by atoms with Crippen LogP contribution in [0.4, 0.5) is 0 Å². The molecule has 26 heavy (non-hydrogen) atoms. The van der Waals surface area contributed by atoms with Crippen molar-refractivity contribution in [3.05, 3.63) is 63.6 Å². The molecular formula is C20H25Cl2N3O. The van der Waals surface area contributed by atoms with Crippen molar-refractivity contribution in [2.24, 2.45) is 0 Å². The van der Waals surface area contributed by atoms with E-state index in [1.165, 1.54) is 0 Å². The molecule has 0 spiro atoms. The summed E-state index contributed by atoms with van der Waals surface area (Å²) in [6, 6.07) is 13.6. The maximum Gasteiger partial charge on any atom is 0.124 e. The lowest BCUT2D eigenvalue weighted by Crippen LogP contribution is -2.45. The first-order valence-corrected chi connectivity index (χ1v) is 9.76. The van der Waals surface area contributed by atoms with Crippen molar-refractivity contribution in [2.75, 3.05) is 39.3 Å². The van der Waals surface area contributed by atoms with E-state index in [4.69, 9.17) is 27.9 Å². The Morgan fingerprint density at radius 1 is 1.04 bits per heavy atom. The molecule has 2 aromatic rings. The minimum absolute atomic E-state index is 0.424. The van der Waals surface area contributed by atoms with Gasteiger partial charge in [-0.3, -0.25) is 4.90 Å². The first kappa shape index (κ1) is 19.5. The summed E-state index contributed by atoms with van der Waals surface area (Å²) in [7, 11) is 0. The Balaban J connectivity index is 1.49. The summed E-state index contributed by atoms with van der Waals surface area (Å²) in [5.41, 5.74) is 2.08. The van der Waals surface area contributed by atoms with Gasteiger partial charge in [0.15, 0.2) is 0 Å². The van der Waals surface area contributed by atoms with Gasteiger partial charge in [-0.05, 0) is 18.2 Å². The summed E-state index contributed by atoms with van der Waals surface area (Å²) < 4.78 is 6.00. The Kier molecular flexibility index (Phi) is 7.59. The fourth-order valence-corrected chi connectivity index (χ4v) is 3.44. The van der Waals surface area contributed by atoms with Crippen molar-refractivity contribution in [3.63, 3.8) is 0 Å². The van der Waals surface area contributed by atoms with Crippen molar-refractivity contribution in [1.82, 2.24) is 15.5 Å². The number of rotatable bonds is 8. The summed E-state index contributed by atoms with van der Waals surface area (Å²) in [6.07, 6.45) is 0. The van der Waals surface area contributed by atoms with Crippen molar-refractivity contribution in [1.29, 1.82) is 0 Å². The molecule has 1 fully saturated rings. The topological polar surface area (TPSA) is 36.5 Å². The monoisotopic (exact) mass is 393 g/mol. The predicted molar refractivity (Wildman–Crippen MR) is 108 cm³/mol. The molecule has 4 nitrogen and oxygen atoms in total. The van der Waals surface area contributed by atoms with E-state index in [1.807, 2.05) is 30.3 Å². The smallest absolute Gasteiger partial charge is 0.124 e. The molecule has 2 N–H and O–H groups in total. The zero-order valence-electron chi connectivity index (χ0n) is 14.8. The fourth-order valence-electron chi connectivity index (χ4n) is 2.98. The molecule has 0 aliphatic carbocycles. The van der Waals surface area contributed by atoms with Crippen LogP contribution >= 0.6 is 23.2 Å². The Hall–Kier alpha value is -1.30.